The molecule has 0 unspecified atom stereocenters. The van der Waals surface area contributed by atoms with Gasteiger partial charge in [0.1, 0.15) is 48.8 Å². The highest BCUT2D eigenvalue weighted by molar-refractivity contribution is 5.18. The zero-order chi connectivity index (χ0) is 46.6. The van der Waals surface area contributed by atoms with Crippen LogP contribution in [-0.4, -0.2) is 86.3 Å². The highest BCUT2D eigenvalue weighted by Crippen LogP contribution is 2.36. The Morgan fingerprint density at radius 2 is 0.721 bits per heavy atom. The van der Waals surface area contributed by atoms with Crippen LogP contribution < -0.4 is 0 Å². The fraction of sp³-hybridized carbons (Fsp3) is 0.333. The average molecular weight is 923 g/mol. The molecular weight excluding hydrogens is 861 g/mol. The molecule has 0 amide bonds. The number of benzene rings is 6. The Labute approximate surface area is 400 Å². The van der Waals surface area contributed by atoms with E-state index in [0.717, 1.165) is 33.4 Å². The van der Waals surface area contributed by atoms with Gasteiger partial charge in [-0.05, 0) is 33.4 Å². The van der Waals surface area contributed by atoms with Crippen LogP contribution in [0.5, 0.6) is 0 Å². The molecule has 6 aromatic carbocycles. The lowest BCUT2D eigenvalue weighted by atomic mass is 9.96. The molecule has 6 aromatic rings. The first-order valence-corrected chi connectivity index (χ1v) is 23.3. The van der Waals surface area contributed by atoms with Gasteiger partial charge in [0, 0.05) is 0 Å². The lowest BCUT2D eigenvalue weighted by molar-refractivity contribution is -0.375. The van der Waals surface area contributed by atoms with E-state index in [1.807, 2.05) is 182 Å². The van der Waals surface area contributed by atoms with E-state index in [1.165, 1.54) is 0 Å². The first kappa shape index (κ1) is 49.1. The molecule has 0 spiro atoms. The van der Waals surface area contributed by atoms with Gasteiger partial charge in [-0.2, -0.15) is 0 Å². The molecule has 10 atom stereocenters. The van der Waals surface area contributed by atoms with Gasteiger partial charge in [-0.15, -0.1) is 6.58 Å². The predicted octanol–water partition coefficient (Wildman–Crippen LogP) is 9.16. The average Bonchev–Trinajstić information content (AvgIpc) is 3.39. The molecule has 1 N–H and O–H groups in total. The Bertz CT molecular complexity index is 2290. The van der Waals surface area contributed by atoms with Crippen molar-refractivity contribution in [2.24, 2.45) is 0 Å². The van der Waals surface area contributed by atoms with Crippen molar-refractivity contribution < 1.29 is 52.5 Å². The number of hydrogen-bond acceptors (Lipinski definition) is 11. The molecule has 2 saturated heterocycles. The summed E-state index contributed by atoms with van der Waals surface area (Å²) in [5.74, 6) is 0. The van der Waals surface area contributed by atoms with Crippen LogP contribution in [0.3, 0.4) is 0 Å². The van der Waals surface area contributed by atoms with Crippen LogP contribution in [0.4, 0.5) is 0 Å². The van der Waals surface area contributed by atoms with Crippen LogP contribution in [0.2, 0.25) is 0 Å². The van der Waals surface area contributed by atoms with Crippen molar-refractivity contribution in [1.82, 2.24) is 0 Å². The smallest absolute Gasteiger partial charge is 0.187 e. The standard InChI is InChI=1S/C57H62O11/c1-2-33-61-56-54(64-38-46-29-17-7-18-30-46)52(50(58)48(66-56)40-59-34-42-21-9-3-10-22-42)68-57-55(65-39-47-31-19-8-20-32-47)53(63-37-45-27-15-6-16-28-45)51(62-36-44-25-13-5-14-26-44)49(67-57)41-60-35-43-23-11-4-12-24-43/h2-32,48-58H,1,33-41H2/t48-,49-,50+,51+,52+,53+,54-,55-,56+,57-/m1/s1. The quantitative estimate of drug-likeness (QED) is 0.0555. The highest BCUT2D eigenvalue weighted by atomic mass is 16.8. The molecule has 11 nitrogen and oxygen atoms in total. The fourth-order valence-electron chi connectivity index (χ4n) is 8.30. The van der Waals surface area contributed by atoms with Gasteiger partial charge in [-0.3, -0.25) is 0 Å². The zero-order valence-electron chi connectivity index (χ0n) is 38.3. The molecule has 0 aliphatic carbocycles. The Hall–Kier alpha value is -5.38. The van der Waals surface area contributed by atoms with Gasteiger partial charge in [0.05, 0.1) is 59.5 Å². The summed E-state index contributed by atoms with van der Waals surface area (Å²) < 4.78 is 67.2. The van der Waals surface area contributed by atoms with Crippen molar-refractivity contribution >= 4 is 0 Å². The topological polar surface area (TPSA) is 113 Å². The Balaban J connectivity index is 1.16. The zero-order valence-corrected chi connectivity index (χ0v) is 38.3. The van der Waals surface area contributed by atoms with Crippen LogP contribution in [0.15, 0.2) is 195 Å². The Morgan fingerprint density at radius 3 is 1.13 bits per heavy atom. The lowest BCUT2D eigenvalue weighted by Gasteiger charge is -2.49. The van der Waals surface area contributed by atoms with Crippen LogP contribution in [0.1, 0.15) is 33.4 Å². The molecule has 8 rings (SSSR count). The van der Waals surface area contributed by atoms with Gasteiger partial charge < -0.3 is 52.5 Å². The molecule has 68 heavy (non-hydrogen) atoms. The molecule has 0 radical (unpaired) electrons. The molecule has 2 aliphatic rings. The highest BCUT2D eigenvalue weighted by Gasteiger charge is 2.54. The van der Waals surface area contributed by atoms with E-state index in [4.69, 9.17) is 47.4 Å². The predicted molar refractivity (Wildman–Crippen MR) is 257 cm³/mol. The maximum absolute atomic E-state index is 12.5. The summed E-state index contributed by atoms with van der Waals surface area (Å²) in [6.07, 6.45) is -7.86. The van der Waals surface area contributed by atoms with Crippen molar-refractivity contribution in [2.75, 3.05) is 19.8 Å². The van der Waals surface area contributed by atoms with Gasteiger partial charge in [-0.25, -0.2) is 0 Å². The van der Waals surface area contributed by atoms with Crippen LogP contribution in [-0.2, 0) is 87.0 Å². The summed E-state index contributed by atoms with van der Waals surface area (Å²) in [4.78, 5) is 0. The maximum Gasteiger partial charge on any atom is 0.187 e. The van der Waals surface area contributed by atoms with Crippen molar-refractivity contribution in [1.29, 1.82) is 0 Å². The molecule has 2 aliphatic heterocycles. The number of aliphatic hydroxyl groups excluding tert-OH is 1. The van der Waals surface area contributed by atoms with Crippen molar-refractivity contribution in [3.05, 3.63) is 228 Å². The third-order valence-corrected chi connectivity index (χ3v) is 11.8. The molecule has 0 bridgehead atoms. The summed E-state index contributed by atoms with van der Waals surface area (Å²) in [5.41, 5.74) is 5.78. The van der Waals surface area contributed by atoms with E-state index in [2.05, 4.69) is 6.58 Å². The molecule has 0 aromatic heterocycles. The molecule has 356 valence electrons. The molecule has 0 saturated carbocycles. The largest absolute Gasteiger partial charge is 0.387 e. The van der Waals surface area contributed by atoms with Gasteiger partial charge in [0.2, 0.25) is 0 Å². The van der Waals surface area contributed by atoms with Crippen LogP contribution >= 0.6 is 0 Å². The van der Waals surface area contributed by atoms with Crippen molar-refractivity contribution in [3.63, 3.8) is 0 Å². The summed E-state index contributed by atoms with van der Waals surface area (Å²) in [7, 11) is 0. The fourth-order valence-corrected chi connectivity index (χ4v) is 8.30. The molecule has 11 heteroatoms. The van der Waals surface area contributed by atoms with Crippen LogP contribution in [0.25, 0.3) is 0 Å². The van der Waals surface area contributed by atoms with E-state index < -0.39 is 61.4 Å². The normalized spacial score (nSPS) is 24.9. The second kappa shape index (κ2) is 26.4. The molecular formula is C57H62O11. The van der Waals surface area contributed by atoms with E-state index in [1.54, 1.807) is 6.08 Å². The maximum atomic E-state index is 12.5. The number of aliphatic hydroxyl groups is 1. The second-order valence-corrected chi connectivity index (χ2v) is 16.8. The third-order valence-electron chi connectivity index (χ3n) is 11.8. The first-order chi connectivity index (χ1) is 33.6. The van der Waals surface area contributed by atoms with Crippen molar-refractivity contribution in [2.45, 2.75) is 101 Å². The first-order valence-electron chi connectivity index (χ1n) is 23.3. The van der Waals surface area contributed by atoms with Crippen LogP contribution in [0, 0.1) is 0 Å². The monoisotopic (exact) mass is 922 g/mol. The van der Waals surface area contributed by atoms with Gasteiger partial charge in [0.25, 0.3) is 0 Å². The van der Waals surface area contributed by atoms with Gasteiger partial charge >= 0.3 is 0 Å². The number of ether oxygens (including phenoxy) is 10. The summed E-state index contributed by atoms with van der Waals surface area (Å²) in [6, 6.07) is 59.4. The van der Waals surface area contributed by atoms with Gasteiger partial charge in [0.15, 0.2) is 12.6 Å². The number of rotatable bonds is 25. The van der Waals surface area contributed by atoms with Crippen molar-refractivity contribution in [3.8, 4) is 0 Å². The minimum absolute atomic E-state index is 0.0307. The molecule has 2 fully saturated rings. The minimum Gasteiger partial charge on any atom is -0.387 e. The molecule has 2 heterocycles. The number of hydrogen-bond donors (Lipinski definition) is 1. The minimum atomic E-state index is -1.28. The summed E-state index contributed by atoms with van der Waals surface area (Å²) >= 11 is 0. The Morgan fingerprint density at radius 1 is 0.382 bits per heavy atom. The van der Waals surface area contributed by atoms with E-state index >= 15 is 0 Å². The van der Waals surface area contributed by atoms with E-state index in [-0.39, 0.29) is 46.2 Å². The second-order valence-electron chi connectivity index (χ2n) is 16.8. The summed E-state index contributed by atoms with van der Waals surface area (Å²) in [5, 5.41) is 12.5. The SMILES string of the molecule is C=CCO[C@H]1O[C@H](COCc2ccccc2)[C@H](O)[C@H](O[C@H]2O[C@H](COCc3ccccc3)[C@H](OCc3ccccc3)[C@H](OCc3ccccc3)[C@H]2OCc2ccccc2)[C@H]1OCc1ccccc1. The lowest BCUT2D eigenvalue weighted by Crippen LogP contribution is -2.66. The summed E-state index contributed by atoms with van der Waals surface area (Å²) in [6.45, 7) is 5.73. The van der Waals surface area contributed by atoms with E-state index in [0.29, 0.717) is 13.2 Å². The Kier molecular flexibility index (Phi) is 19.0. The third kappa shape index (κ3) is 14.3. The van der Waals surface area contributed by atoms with Gasteiger partial charge in [-0.1, -0.05) is 188 Å². The van der Waals surface area contributed by atoms with E-state index in [9.17, 15) is 5.11 Å².